The summed E-state index contributed by atoms with van der Waals surface area (Å²) < 4.78 is 5.53. The lowest BCUT2D eigenvalue weighted by Crippen LogP contribution is -2.29. The minimum absolute atomic E-state index is 0.0480. The van der Waals surface area contributed by atoms with Crippen LogP contribution in [0.3, 0.4) is 0 Å². The predicted molar refractivity (Wildman–Crippen MR) is 135 cm³/mol. The van der Waals surface area contributed by atoms with Crippen molar-refractivity contribution >= 4 is 46.3 Å². The molecule has 1 aliphatic heterocycles. The third-order valence-corrected chi connectivity index (χ3v) is 6.60. The van der Waals surface area contributed by atoms with Crippen LogP contribution in [0.4, 0.5) is 5.69 Å². The maximum Gasteiger partial charge on any atom is 0.300 e. The zero-order valence-electron chi connectivity index (χ0n) is 19.1. The number of methoxy groups -OCH3 is 1. The van der Waals surface area contributed by atoms with Crippen LogP contribution in [0.25, 0.3) is 5.76 Å². The van der Waals surface area contributed by atoms with Gasteiger partial charge in [-0.05, 0) is 73.4 Å². The summed E-state index contributed by atoms with van der Waals surface area (Å²) in [7, 11) is 1.50. The van der Waals surface area contributed by atoms with E-state index in [0.717, 1.165) is 16.7 Å². The summed E-state index contributed by atoms with van der Waals surface area (Å²) in [5.74, 6) is -1.42. The third-order valence-electron chi connectivity index (χ3n) is 5.86. The Hall–Kier alpha value is -3.28. The molecule has 3 aromatic carbocycles. The standard InChI is InChI=1S/C27H23Cl2NO4/c1-14-6-5-7-18(11-14)30-23(17-8-9-20(28)21(29)13-17)22(25(32)27(30)33)24(31)19-12-15(2)10-16(3)26(19)34-4/h5-13,23,31H,1-4H3/b24-22+. The van der Waals surface area contributed by atoms with Gasteiger partial charge in [0, 0.05) is 5.69 Å². The molecule has 1 heterocycles. The molecule has 7 heteroatoms. The lowest BCUT2D eigenvalue weighted by molar-refractivity contribution is -0.132. The predicted octanol–water partition coefficient (Wildman–Crippen LogP) is 6.55. The van der Waals surface area contributed by atoms with Crippen LogP contribution in [0.1, 0.15) is 33.9 Å². The van der Waals surface area contributed by atoms with E-state index in [2.05, 4.69) is 0 Å². The summed E-state index contributed by atoms with van der Waals surface area (Å²) in [5.41, 5.74) is 3.95. The van der Waals surface area contributed by atoms with Gasteiger partial charge >= 0.3 is 0 Å². The zero-order chi connectivity index (χ0) is 24.7. The van der Waals surface area contributed by atoms with Gasteiger partial charge in [0.25, 0.3) is 11.7 Å². The maximum absolute atomic E-state index is 13.4. The van der Waals surface area contributed by atoms with E-state index in [1.165, 1.54) is 12.0 Å². The van der Waals surface area contributed by atoms with Crippen LogP contribution >= 0.6 is 23.2 Å². The van der Waals surface area contributed by atoms with Crippen molar-refractivity contribution < 1.29 is 19.4 Å². The number of nitrogens with zero attached hydrogens (tertiary/aromatic N) is 1. The quantitative estimate of drug-likeness (QED) is 0.253. The number of aliphatic hydroxyl groups is 1. The number of hydrogen-bond donors (Lipinski definition) is 1. The van der Waals surface area contributed by atoms with E-state index >= 15 is 0 Å². The number of ketones is 1. The minimum atomic E-state index is -0.915. The number of anilines is 1. The van der Waals surface area contributed by atoms with Gasteiger partial charge in [0.05, 0.1) is 34.3 Å². The van der Waals surface area contributed by atoms with E-state index in [1.54, 1.807) is 30.3 Å². The normalized spacial score (nSPS) is 17.4. The van der Waals surface area contributed by atoms with E-state index in [4.69, 9.17) is 27.9 Å². The number of aliphatic hydroxyl groups excluding tert-OH is 1. The first-order chi connectivity index (χ1) is 16.1. The van der Waals surface area contributed by atoms with E-state index in [-0.39, 0.29) is 16.4 Å². The van der Waals surface area contributed by atoms with Crippen molar-refractivity contribution in [2.75, 3.05) is 12.0 Å². The summed E-state index contributed by atoms with van der Waals surface area (Å²) in [5, 5.41) is 12.1. The summed E-state index contributed by atoms with van der Waals surface area (Å²) in [6.45, 7) is 5.63. The summed E-state index contributed by atoms with van der Waals surface area (Å²) >= 11 is 12.4. The first-order valence-corrected chi connectivity index (χ1v) is 11.4. The van der Waals surface area contributed by atoms with E-state index in [1.807, 2.05) is 45.0 Å². The second kappa shape index (κ2) is 9.16. The van der Waals surface area contributed by atoms with Gasteiger partial charge < -0.3 is 9.84 Å². The van der Waals surface area contributed by atoms with Crippen LogP contribution < -0.4 is 9.64 Å². The summed E-state index contributed by atoms with van der Waals surface area (Å²) in [4.78, 5) is 28.1. The van der Waals surface area contributed by atoms with Crippen molar-refractivity contribution in [1.29, 1.82) is 0 Å². The molecule has 5 nitrogen and oxygen atoms in total. The average Bonchev–Trinajstić information content (AvgIpc) is 3.05. The first-order valence-electron chi connectivity index (χ1n) is 10.6. The summed E-state index contributed by atoms with van der Waals surface area (Å²) in [6.07, 6.45) is 0. The highest BCUT2D eigenvalue weighted by atomic mass is 35.5. The Morgan fingerprint density at radius 3 is 2.32 bits per heavy atom. The molecule has 0 spiro atoms. The molecule has 1 N–H and O–H groups in total. The van der Waals surface area contributed by atoms with Gasteiger partial charge in [-0.2, -0.15) is 0 Å². The SMILES string of the molecule is COc1c(C)cc(C)cc1/C(O)=C1\C(=O)C(=O)N(c2cccc(C)c2)C1c1ccc(Cl)c(Cl)c1. The fourth-order valence-electron chi connectivity index (χ4n) is 4.42. The van der Waals surface area contributed by atoms with Gasteiger partial charge in [-0.25, -0.2) is 0 Å². The number of ether oxygens (including phenoxy) is 1. The van der Waals surface area contributed by atoms with Crippen LogP contribution in [-0.2, 0) is 9.59 Å². The number of halogens is 2. The van der Waals surface area contributed by atoms with Crippen molar-refractivity contribution in [2.24, 2.45) is 0 Å². The number of Topliss-reactive ketones (excluding diaryl/α,β-unsaturated/α-hetero) is 1. The lowest BCUT2D eigenvalue weighted by Gasteiger charge is -2.26. The Labute approximate surface area is 208 Å². The molecule has 3 aromatic rings. The molecule has 0 saturated carbocycles. The van der Waals surface area contributed by atoms with E-state index < -0.39 is 17.7 Å². The second-order valence-electron chi connectivity index (χ2n) is 8.34. The topological polar surface area (TPSA) is 66.8 Å². The Morgan fingerprint density at radius 1 is 0.941 bits per heavy atom. The third kappa shape index (κ3) is 4.06. The Morgan fingerprint density at radius 2 is 1.68 bits per heavy atom. The number of rotatable bonds is 4. The molecule has 0 aliphatic carbocycles. The smallest absolute Gasteiger partial charge is 0.300 e. The van der Waals surface area contributed by atoms with Crippen LogP contribution in [0.2, 0.25) is 10.0 Å². The van der Waals surface area contributed by atoms with Gasteiger partial charge in [-0.3, -0.25) is 14.5 Å². The van der Waals surface area contributed by atoms with Gasteiger partial charge in [-0.1, -0.05) is 47.5 Å². The number of carbonyl (C=O) groups is 2. The molecular weight excluding hydrogens is 473 g/mol. The van der Waals surface area contributed by atoms with Gasteiger partial charge in [-0.15, -0.1) is 0 Å². The van der Waals surface area contributed by atoms with Crippen LogP contribution in [0.15, 0.2) is 60.2 Å². The van der Waals surface area contributed by atoms with E-state index in [0.29, 0.717) is 27.6 Å². The molecule has 1 atom stereocenters. The molecule has 1 amide bonds. The second-order valence-corrected chi connectivity index (χ2v) is 9.16. The van der Waals surface area contributed by atoms with Crippen molar-refractivity contribution in [1.82, 2.24) is 0 Å². The summed E-state index contributed by atoms with van der Waals surface area (Å²) in [6, 6.07) is 14.9. The highest BCUT2D eigenvalue weighted by Gasteiger charge is 2.47. The van der Waals surface area contributed by atoms with Crippen molar-refractivity contribution in [3.8, 4) is 5.75 Å². The fraction of sp³-hybridized carbons (Fsp3) is 0.185. The Kier molecular flexibility index (Phi) is 6.43. The number of benzene rings is 3. The molecule has 1 unspecified atom stereocenters. The molecule has 1 aliphatic rings. The van der Waals surface area contributed by atoms with Crippen LogP contribution in [0, 0.1) is 20.8 Å². The van der Waals surface area contributed by atoms with Gasteiger partial charge in [0.2, 0.25) is 0 Å². The number of aryl methyl sites for hydroxylation is 3. The Bertz CT molecular complexity index is 1360. The number of amides is 1. The number of carbonyl (C=O) groups excluding carboxylic acids is 2. The highest BCUT2D eigenvalue weighted by Crippen LogP contribution is 2.44. The van der Waals surface area contributed by atoms with Crippen molar-refractivity contribution in [2.45, 2.75) is 26.8 Å². The van der Waals surface area contributed by atoms with Crippen molar-refractivity contribution in [3.63, 3.8) is 0 Å². The highest BCUT2D eigenvalue weighted by molar-refractivity contribution is 6.52. The first kappa shape index (κ1) is 23.9. The molecule has 0 aromatic heterocycles. The Balaban J connectivity index is 2.03. The average molecular weight is 496 g/mol. The molecule has 174 valence electrons. The van der Waals surface area contributed by atoms with E-state index in [9.17, 15) is 14.7 Å². The molecule has 0 radical (unpaired) electrons. The van der Waals surface area contributed by atoms with Gasteiger partial charge in [0.15, 0.2) is 0 Å². The monoisotopic (exact) mass is 495 g/mol. The largest absolute Gasteiger partial charge is 0.507 e. The molecule has 34 heavy (non-hydrogen) atoms. The molecule has 4 rings (SSSR count). The minimum Gasteiger partial charge on any atom is -0.507 e. The molecule has 1 saturated heterocycles. The van der Waals surface area contributed by atoms with Crippen LogP contribution in [0.5, 0.6) is 5.75 Å². The maximum atomic E-state index is 13.4. The molecular formula is C27H23Cl2NO4. The van der Waals surface area contributed by atoms with Crippen LogP contribution in [-0.4, -0.2) is 23.9 Å². The number of hydrogen-bond acceptors (Lipinski definition) is 4. The lowest BCUT2D eigenvalue weighted by atomic mass is 9.93. The van der Waals surface area contributed by atoms with Gasteiger partial charge in [0.1, 0.15) is 11.5 Å². The molecule has 1 fully saturated rings. The molecule has 0 bridgehead atoms. The zero-order valence-corrected chi connectivity index (χ0v) is 20.7. The fourth-order valence-corrected chi connectivity index (χ4v) is 4.73. The van der Waals surface area contributed by atoms with Crippen molar-refractivity contribution in [3.05, 3.63) is 98.0 Å².